The zero-order valence-electron chi connectivity index (χ0n) is 16.5. The van der Waals surface area contributed by atoms with Crippen LogP contribution < -0.4 is 10.5 Å². The van der Waals surface area contributed by atoms with E-state index in [0.717, 1.165) is 11.3 Å². The van der Waals surface area contributed by atoms with Crippen LogP contribution in [0.2, 0.25) is 0 Å². The van der Waals surface area contributed by atoms with Gasteiger partial charge in [-0.1, -0.05) is 57.2 Å². The van der Waals surface area contributed by atoms with Crippen molar-refractivity contribution in [1.82, 2.24) is 9.71 Å². The van der Waals surface area contributed by atoms with Gasteiger partial charge < -0.3 is 5.73 Å². The molecule has 0 spiro atoms. The summed E-state index contributed by atoms with van der Waals surface area (Å²) in [7, 11) is -4.07. The molecule has 29 heavy (non-hydrogen) atoms. The predicted molar refractivity (Wildman–Crippen MR) is 114 cm³/mol. The van der Waals surface area contributed by atoms with E-state index >= 15 is 0 Å². The quantitative estimate of drug-likeness (QED) is 0.639. The number of sulfonamides is 1. The number of anilines is 1. The number of hydrogen-bond acceptors (Lipinski definition) is 5. The second kappa shape index (κ2) is 7.67. The van der Waals surface area contributed by atoms with Crippen LogP contribution >= 0.6 is 0 Å². The molecule has 0 aliphatic rings. The van der Waals surface area contributed by atoms with Crippen molar-refractivity contribution in [3.63, 3.8) is 0 Å². The molecule has 3 aromatic rings. The lowest BCUT2D eigenvalue weighted by atomic mass is 9.90. The molecule has 0 saturated carbocycles. The molecule has 0 aliphatic heterocycles. The molecule has 1 amide bonds. The van der Waals surface area contributed by atoms with Gasteiger partial charge in [0.05, 0.1) is 16.2 Å². The number of carbonyl (C=O) groups is 1. The van der Waals surface area contributed by atoms with Crippen molar-refractivity contribution in [2.24, 2.45) is 0 Å². The van der Waals surface area contributed by atoms with Crippen molar-refractivity contribution >= 4 is 21.6 Å². The third-order valence-electron chi connectivity index (χ3n) is 4.35. The van der Waals surface area contributed by atoms with Crippen molar-refractivity contribution in [2.75, 3.05) is 5.73 Å². The summed E-state index contributed by atoms with van der Waals surface area (Å²) >= 11 is 0. The highest BCUT2D eigenvalue weighted by Gasteiger charge is 2.24. The molecule has 0 aliphatic carbocycles. The number of nitrogens with two attached hydrogens (primary N) is 1. The summed E-state index contributed by atoms with van der Waals surface area (Å²) in [6.07, 6.45) is 0. The van der Waals surface area contributed by atoms with Gasteiger partial charge in [-0.15, -0.1) is 0 Å². The summed E-state index contributed by atoms with van der Waals surface area (Å²) in [4.78, 5) is 17.5. The second-order valence-electron chi connectivity index (χ2n) is 7.72. The first kappa shape index (κ1) is 20.5. The molecule has 1 heterocycles. The first-order valence-corrected chi connectivity index (χ1v) is 10.6. The summed E-state index contributed by atoms with van der Waals surface area (Å²) in [6.45, 7) is 6.07. The van der Waals surface area contributed by atoms with Gasteiger partial charge >= 0.3 is 0 Å². The number of carbonyl (C=O) groups excluding carboxylic acids is 1. The SMILES string of the molecule is CC(C)(C)c1ccc(C(=O)NS(=O)(=O)c2cccc(N)c2)c(-c2ccccc2)n1. The third kappa shape index (κ3) is 4.63. The molecular weight excluding hydrogens is 386 g/mol. The van der Waals surface area contributed by atoms with E-state index < -0.39 is 15.9 Å². The van der Waals surface area contributed by atoms with Crippen molar-refractivity contribution < 1.29 is 13.2 Å². The average molecular weight is 410 g/mol. The van der Waals surface area contributed by atoms with Gasteiger partial charge in [0, 0.05) is 22.4 Å². The second-order valence-corrected chi connectivity index (χ2v) is 9.40. The van der Waals surface area contributed by atoms with Gasteiger partial charge in [0.2, 0.25) is 0 Å². The fourth-order valence-electron chi connectivity index (χ4n) is 2.79. The number of rotatable bonds is 4. The zero-order valence-corrected chi connectivity index (χ0v) is 17.3. The summed E-state index contributed by atoms with van der Waals surface area (Å²) in [5.74, 6) is -0.751. The lowest BCUT2D eigenvalue weighted by Gasteiger charge is -2.20. The molecule has 0 unspecified atom stereocenters. The number of benzene rings is 2. The monoisotopic (exact) mass is 409 g/mol. The number of nitrogens with zero attached hydrogens (tertiary/aromatic N) is 1. The molecule has 3 N–H and O–H groups in total. The Kier molecular flexibility index (Phi) is 5.44. The van der Waals surface area contributed by atoms with Crippen LogP contribution in [0.1, 0.15) is 36.8 Å². The average Bonchev–Trinajstić information content (AvgIpc) is 2.67. The van der Waals surface area contributed by atoms with Gasteiger partial charge in [-0.2, -0.15) is 0 Å². The standard InChI is InChI=1S/C22H23N3O3S/c1-22(2,3)19-13-12-18(20(24-19)15-8-5-4-6-9-15)21(26)25-29(27,28)17-11-7-10-16(23)14-17/h4-14H,23H2,1-3H3,(H,25,26). The largest absolute Gasteiger partial charge is 0.399 e. The lowest BCUT2D eigenvalue weighted by Crippen LogP contribution is -2.31. The molecule has 2 aromatic carbocycles. The Morgan fingerprint density at radius 1 is 0.966 bits per heavy atom. The molecular formula is C22H23N3O3S. The van der Waals surface area contributed by atoms with E-state index in [0.29, 0.717) is 11.4 Å². The van der Waals surface area contributed by atoms with E-state index in [1.54, 1.807) is 18.2 Å². The fraction of sp³-hybridized carbons (Fsp3) is 0.182. The molecule has 7 heteroatoms. The Balaban J connectivity index is 2.04. The number of nitrogens with one attached hydrogen (secondary N) is 1. The number of amides is 1. The summed E-state index contributed by atoms with van der Waals surface area (Å²) in [5.41, 5.74) is 7.86. The van der Waals surface area contributed by atoms with Gasteiger partial charge in [0.15, 0.2) is 0 Å². The van der Waals surface area contributed by atoms with Crippen molar-refractivity contribution in [3.8, 4) is 11.3 Å². The van der Waals surface area contributed by atoms with Gasteiger partial charge in [0.1, 0.15) is 0 Å². The highest BCUT2D eigenvalue weighted by atomic mass is 32.2. The van der Waals surface area contributed by atoms with Crippen LogP contribution in [-0.2, 0) is 15.4 Å². The van der Waals surface area contributed by atoms with Crippen molar-refractivity contribution in [3.05, 3.63) is 78.0 Å². The maximum Gasteiger partial charge on any atom is 0.267 e. The highest BCUT2D eigenvalue weighted by Crippen LogP contribution is 2.27. The van der Waals surface area contributed by atoms with Crippen LogP contribution in [0.3, 0.4) is 0 Å². The Labute approximate surface area is 170 Å². The molecule has 0 radical (unpaired) electrons. The van der Waals surface area contributed by atoms with E-state index in [4.69, 9.17) is 5.73 Å². The maximum atomic E-state index is 12.9. The molecule has 0 saturated heterocycles. The molecule has 0 bridgehead atoms. The fourth-order valence-corrected chi connectivity index (χ4v) is 3.81. The highest BCUT2D eigenvalue weighted by molar-refractivity contribution is 7.90. The number of aromatic nitrogens is 1. The minimum absolute atomic E-state index is 0.0774. The lowest BCUT2D eigenvalue weighted by molar-refractivity contribution is 0.0981. The van der Waals surface area contributed by atoms with E-state index in [9.17, 15) is 13.2 Å². The van der Waals surface area contributed by atoms with Crippen LogP contribution in [0.5, 0.6) is 0 Å². The Morgan fingerprint density at radius 2 is 1.66 bits per heavy atom. The molecule has 6 nitrogen and oxygen atoms in total. The molecule has 0 fully saturated rings. The zero-order chi connectivity index (χ0) is 21.2. The van der Waals surface area contributed by atoms with Crippen LogP contribution in [0.25, 0.3) is 11.3 Å². The first-order chi connectivity index (χ1) is 13.6. The number of pyridine rings is 1. The van der Waals surface area contributed by atoms with E-state index in [1.165, 1.54) is 18.2 Å². The summed E-state index contributed by atoms with van der Waals surface area (Å²) in [5, 5.41) is 0. The number of nitrogen functional groups attached to an aromatic ring is 1. The van der Waals surface area contributed by atoms with Crippen LogP contribution in [0.15, 0.2) is 71.6 Å². The van der Waals surface area contributed by atoms with Gasteiger partial charge in [-0.05, 0) is 30.3 Å². The molecule has 1 aromatic heterocycles. The van der Waals surface area contributed by atoms with Crippen LogP contribution in [0, 0.1) is 0 Å². The molecule has 150 valence electrons. The van der Waals surface area contributed by atoms with Crippen LogP contribution in [-0.4, -0.2) is 19.3 Å². The normalized spacial score (nSPS) is 11.8. The van der Waals surface area contributed by atoms with Crippen LogP contribution in [0.4, 0.5) is 5.69 Å². The molecule has 3 rings (SSSR count). The van der Waals surface area contributed by atoms with Crippen molar-refractivity contribution in [1.29, 1.82) is 0 Å². The Hall–Kier alpha value is -3.19. The van der Waals surface area contributed by atoms with Gasteiger partial charge in [-0.3, -0.25) is 9.78 Å². The summed E-state index contributed by atoms with van der Waals surface area (Å²) in [6, 6.07) is 18.3. The van der Waals surface area contributed by atoms with Gasteiger partial charge in [0.25, 0.3) is 15.9 Å². The Bertz CT molecular complexity index is 1150. The maximum absolute atomic E-state index is 12.9. The summed E-state index contributed by atoms with van der Waals surface area (Å²) < 4.78 is 27.4. The first-order valence-electron chi connectivity index (χ1n) is 9.07. The van der Waals surface area contributed by atoms with Crippen molar-refractivity contribution in [2.45, 2.75) is 31.1 Å². The van der Waals surface area contributed by atoms with E-state index in [2.05, 4.69) is 9.71 Å². The van der Waals surface area contributed by atoms with E-state index in [-0.39, 0.29) is 15.9 Å². The smallest absolute Gasteiger partial charge is 0.267 e. The predicted octanol–water partition coefficient (Wildman–Crippen LogP) is 3.75. The topological polar surface area (TPSA) is 102 Å². The third-order valence-corrected chi connectivity index (χ3v) is 5.68. The van der Waals surface area contributed by atoms with E-state index in [1.807, 2.05) is 51.1 Å². The number of hydrogen-bond donors (Lipinski definition) is 2. The molecule has 0 atom stereocenters. The minimum Gasteiger partial charge on any atom is -0.399 e. The van der Waals surface area contributed by atoms with Gasteiger partial charge in [-0.25, -0.2) is 13.1 Å². The Morgan fingerprint density at radius 3 is 2.28 bits per heavy atom. The minimum atomic E-state index is -4.07.